The molecule has 0 fully saturated rings. The molecule has 0 aliphatic carbocycles. The molecule has 1 heterocycles. The van der Waals surface area contributed by atoms with Crippen LogP contribution in [0.3, 0.4) is 0 Å². The molecule has 0 aliphatic rings. The minimum Gasteiger partial charge on any atom is -0.289 e. The van der Waals surface area contributed by atoms with Gasteiger partial charge in [-0.2, -0.15) is 13.2 Å². The van der Waals surface area contributed by atoms with Gasteiger partial charge in [0.05, 0.1) is 5.56 Å². The summed E-state index contributed by atoms with van der Waals surface area (Å²) in [4.78, 5) is 14.0. The van der Waals surface area contributed by atoms with Crippen molar-refractivity contribution >= 4 is 23.2 Å². The zero-order valence-corrected chi connectivity index (χ0v) is 12.3. The average Bonchev–Trinajstić information content (AvgIpc) is 2.74. The molecule has 1 nitrogen and oxygen atoms in total. The van der Waals surface area contributed by atoms with Crippen molar-refractivity contribution in [1.29, 1.82) is 0 Å². The third kappa shape index (κ3) is 3.82. The van der Waals surface area contributed by atoms with E-state index in [0.717, 1.165) is 21.9 Å². The molecule has 0 spiro atoms. The van der Waals surface area contributed by atoms with E-state index in [9.17, 15) is 18.0 Å². The second-order valence-corrected chi connectivity index (χ2v) is 6.10. The van der Waals surface area contributed by atoms with Crippen molar-refractivity contribution in [2.75, 3.05) is 0 Å². The number of hydrogen-bond donors (Lipinski definition) is 0. The minimum atomic E-state index is -4.34. The van der Waals surface area contributed by atoms with Gasteiger partial charge in [-0.25, -0.2) is 0 Å². The third-order valence-electron chi connectivity index (χ3n) is 2.97. The molecule has 2 aromatic rings. The van der Waals surface area contributed by atoms with E-state index in [0.29, 0.717) is 11.1 Å². The summed E-state index contributed by atoms with van der Waals surface area (Å²) in [6, 6.07) is 6.52. The van der Waals surface area contributed by atoms with Gasteiger partial charge in [0.1, 0.15) is 0 Å². The molecule has 0 amide bonds. The van der Waals surface area contributed by atoms with Crippen LogP contribution in [0.2, 0.25) is 0 Å². The van der Waals surface area contributed by atoms with Crippen LogP contribution >= 0.6 is 11.3 Å². The lowest BCUT2D eigenvalue weighted by Gasteiger charge is -2.05. The van der Waals surface area contributed by atoms with Crippen LogP contribution in [0.15, 0.2) is 36.4 Å². The van der Waals surface area contributed by atoms with Crippen molar-refractivity contribution in [3.05, 3.63) is 62.9 Å². The van der Waals surface area contributed by atoms with Gasteiger partial charge in [0.25, 0.3) is 0 Å². The maximum atomic E-state index is 12.4. The number of alkyl halides is 3. The topological polar surface area (TPSA) is 17.1 Å². The van der Waals surface area contributed by atoms with Crippen LogP contribution in [0, 0.1) is 13.8 Å². The molecule has 0 bridgehead atoms. The van der Waals surface area contributed by atoms with E-state index >= 15 is 0 Å². The van der Waals surface area contributed by atoms with E-state index < -0.39 is 11.7 Å². The second kappa shape index (κ2) is 5.85. The molecule has 0 saturated heterocycles. The van der Waals surface area contributed by atoms with Gasteiger partial charge in [0.15, 0.2) is 5.78 Å². The smallest absolute Gasteiger partial charge is 0.289 e. The van der Waals surface area contributed by atoms with Crippen LogP contribution < -0.4 is 0 Å². The van der Waals surface area contributed by atoms with Gasteiger partial charge in [-0.15, -0.1) is 11.3 Å². The Morgan fingerprint density at radius 3 is 2.24 bits per heavy atom. The number of benzene rings is 1. The Morgan fingerprint density at radius 1 is 1.14 bits per heavy atom. The molecule has 1 aromatic carbocycles. The first-order chi connectivity index (χ1) is 9.77. The minimum absolute atomic E-state index is 0.142. The summed E-state index contributed by atoms with van der Waals surface area (Å²) < 4.78 is 37.3. The highest BCUT2D eigenvalue weighted by Gasteiger charge is 2.29. The zero-order chi connectivity index (χ0) is 15.6. The Labute approximate surface area is 124 Å². The highest BCUT2D eigenvalue weighted by Crippen LogP contribution is 2.29. The molecular formula is C16H13F3OS. The standard InChI is InChI=1S/C16H13F3OS/c1-10-9-14(11(2)21-10)15(20)8-5-12-3-6-13(7-4-12)16(17,18)19/h3-9H,1-2H3/b8-5+. The van der Waals surface area contributed by atoms with Crippen LogP contribution in [0.5, 0.6) is 0 Å². The number of carbonyl (C=O) groups is 1. The summed E-state index contributed by atoms with van der Waals surface area (Å²) in [6.07, 6.45) is -1.44. The molecule has 0 radical (unpaired) electrons. The van der Waals surface area contributed by atoms with Crippen molar-refractivity contribution in [3.63, 3.8) is 0 Å². The van der Waals surface area contributed by atoms with Crippen LogP contribution in [0.4, 0.5) is 13.2 Å². The Hall–Kier alpha value is -1.88. The van der Waals surface area contributed by atoms with Crippen LogP contribution in [0.1, 0.15) is 31.2 Å². The molecule has 0 saturated carbocycles. The van der Waals surface area contributed by atoms with Crippen molar-refractivity contribution in [3.8, 4) is 0 Å². The Balaban J connectivity index is 2.14. The number of halogens is 3. The summed E-state index contributed by atoms with van der Waals surface area (Å²) in [5, 5.41) is 0. The molecular weight excluding hydrogens is 297 g/mol. The maximum absolute atomic E-state index is 12.4. The van der Waals surface area contributed by atoms with Gasteiger partial charge < -0.3 is 0 Å². The first kappa shape index (κ1) is 15.5. The fraction of sp³-hybridized carbons (Fsp3) is 0.188. The number of rotatable bonds is 3. The lowest BCUT2D eigenvalue weighted by atomic mass is 10.1. The zero-order valence-electron chi connectivity index (χ0n) is 11.5. The van der Waals surface area contributed by atoms with Gasteiger partial charge in [-0.1, -0.05) is 18.2 Å². The number of aryl methyl sites for hydroxylation is 2. The van der Waals surface area contributed by atoms with E-state index in [2.05, 4.69) is 0 Å². The fourth-order valence-corrected chi connectivity index (χ4v) is 2.85. The molecule has 110 valence electrons. The number of hydrogen-bond acceptors (Lipinski definition) is 2. The Kier molecular flexibility index (Phi) is 4.32. The van der Waals surface area contributed by atoms with Crippen molar-refractivity contribution in [2.24, 2.45) is 0 Å². The summed E-state index contributed by atoms with van der Waals surface area (Å²) in [5.41, 5.74) is 0.497. The van der Waals surface area contributed by atoms with E-state index in [-0.39, 0.29) is 5.78 Å². The maximum Gasteiger partial charge on any atom is 0.416 e. The van der Waals surface area contributed by atoms with Gasteiger partial charge in [0, 0.05) is 15.3 Å². The molecule has 0 aliphatic heterocycles. The SMILES string of the molecule is Cc1cc(C(=O)/C=C/c2ccc(C(F)(F)F)cc2)c(C)s1. The van der Waals surface area contributed by atoms with Gasteiger partial charge in [-0.3, -0.25) is 4.79 Å². The van der Waals surface area contributed by atoms with Crippen LogP contribution in [-0.2, 0) is 6.18 Å². The molecule has 1 aromatic heterocycles. The predicted molar refractivity (Wildman–Crippen MR) is 78.6 cm³/mol. The summed E-state index contributed by atoms with van der Waals surface area (Å²) in [6.45, 7) is 3.80. The normalized spacial score (nSPS) is 12.0. The molecule has 5 heteroatoms. The third-order valence-corrected chi connectivity index (χ3v) is 3.94. The van der Waals surface area contributed by atoms with E-state index in [4.69, 9.17) is 0 Å². The largest absolute Gasteiger partial charge is 0.416 e. The number of thiophene rings is 1. The predicted octanol–water partition coefficient (Wildman–Crippen LogP) is 5.28. The van der Waals surface area contributed by atoms with Gasteiger partial charge in [0.2, 0.25) is 0 Å². The highest BCUT2D eigenvalue weighted by molar-refractivity contribution is 7.12. The number of carbonyl (C=O) groups excluding carboxylic acids is 1. The summed E-state index contributed by atoms with van der Waals surface area (Å²) in [5.74, 6) is -0.142. The number of ketones is 1. The highest BCUT2D eigenvalue weighted by atomic mass is 32.1. The Bertz CT molecular complexity index is 679. The van der Waals surface area contributed by atoms with Crippen LogP contribution in [-0.4, -0.2) is 5.78 Å². The van der Waals surface area contributed by atoms with Crippen molar-refractivity contribution in [2.45, 2.75) is 20.0 Å². The second-order valence-electron chi connectivity index (χ2n) is 4.64. The lowest BCUT2D eigenvalue weighted by Crippen LogP contribution is -2.04. The van der Waals surface area contributed by atoms with E-state index in [1.807, 2.05) is 19.9 Å². The molecule has 21 heavy (non-hydrogen) atoms. The van der Waals surface area contributed by atoms with E-state index in [1.165, 1.54) is 24.3 Å². The van der Waals surface area contributed by atoms with Gasteiger partial charge in [-0.05, 0) is 43.7 Å². The Morgan fingerprint density at radius 2 is 1.76 bits per heavy atom. The summed E-state index contributed by atoms with van der Waals surface area (Å²) in [7, 11) is 0. The molecule has 0 unspecified atom stereocenters. The van der Waals surface area contributed by atoms with Crippen LogP contribution in [0.25, 0.3) is 6.08 Å². The molecule has 0 atom stereocenters. The first-order valence-corrected chi connectivity index (χ1v) is 7.06. The first-order valence-electron chi connectivity index (χ1n) is 6.24. The van der Waals surface area contributed by atoms with Crippen molar-refractivity contribution < 1.29 is 18.0 Å². The van der Waals surface area contributed by atoms with Crippen molar-refractivity contribution in [1.82, 2.24) is 0 Å². The van der Waals surface area contributed by atoms with E-state index in [1.54, 1.807) is 11.3 Å². The average molecular weight is 310 g/mol. The summed E-state index contributed by atoms with van der Waals surface area (Å²) >= 11 is 1.54. The molecule has 0 N–H and O–H groups in total. The molecule has 2 rings (SSSR count). The number of allylic oxidation sites excluding steroid dienone is 1. The lowest BCUT2D eigenvalue weighted by molar-refractivity contribution is -0.137. The monoisotopic (exact) mass is 310 g/mol. The quantitative estimate of drug-likeness (QED) is 0.557. The van der Waals surface area contributed by atoms with Gasteiger partial charge >= 0.3 is 6.18 Å². The fourth-order valence-electron chi connectivity index (χ4n) is 1.92.